The fourth-order valence-electron chi connectivity index (χ4n) is 5.92. The highest BCUT2D eigenvalue weighted by atomic mass is 19.4. The number of alkyl halides is 3. The molecule has 2 aliphatic heterocycles. The van der Waals surface area contributed by atoms with Crippen molar-refractivity contribution in [2.45, 2.75) is 56.4 Å². The van der Waals surface area contributed by atoms with Gasteiger partial charge in [0.25, 0.3) is 0 Å². The van der Waals surface area contributed by atoms with E-state index in [0.717, 1.165) is 30.0 Å². The lowest BCUT2D eigenvalue weighted by atomic mass is 9.91. The summed E-state index contributed by atoms with van der Waals surface area (Å²) in [6.45, 7) is 1.57. The van der Waals surface area contributed by atoms with Crippen LogP contribution in [0.4, 0.5) is 13.2 Å². The van der Waals surface area contributed by atoms with Gasteiger partial charge >= 0.3 is 12.1 Å². The average molecular weight is 555 g/mol. The highest BCUT2D eigenvalue weighted by Gasteiger charge is 2.38. The van der Waals surface area contributed by atoms with Crippen molar-refractivity contribution < 1.29 is 42.0 Å². The molecule has 0 unspecified atom stereocenters. The second-order valence-corrected chi connectivity index (χ2v) is 10.5. The molecule has 1 aliphatic carbocycles. The maximum atomic E-state index is 14.2. The third-order valence-corrected chi connectivity index (χ3v) is 7.84. The van der Waals surface area contributed by atoms with Crippen molar-refractivity contribution in [1.29, 1.82) is 0 Å². The van der Waals surface area contributed by atoms with Crippen LogP contribution < -0.4 is 14.2 Å². The predicted octanol–water partition coefficient (Wildman–Crippen LogP) is 6.95. The monoisotopic (exact) mass is 554 g/mol. The molecule has 0 bridgehead atoms. The molecule has 1 N–H and O–H groups in total. The molecule has 3 aliphatic rings. The highest BCUT2D eigenvalue weighted by Crippen LogP contribution is 2.47. The van der Waals surface area contributed by atoms with Gasteiger partial charge in [-0.05, 0) is 59.4 Å². The molecule has 210 valence electrons. The Morgan fingerprint density at radius 1 is 0.925 bits per heavy atom. The maximum absolute atomic E-state index is 14.2. The van der Waals surface area contributed by atoms with Crippen LogP contribution >= 0.6 is 0 Å². The Morgan fingerprint density at radius 2 is 1.65 bits per heavy atom. The van der Waals surface area contributed by atoms with Gasteiger partial charge in [-0.25, -0.2) is 0 Å². The molecule has 2 heterocycles. The number of carbonyl (C=O) groups is 1. The van der Waals surface area contributed by atoms with Gasteiger partial charge < -0.3 is 24.1 Å². The number of halogens is 3. The Balaban J connectivity index is 1.26. The molecule has 0 amide bonds. The van der Waals surface area contributed by atoms with Gasteiger partial charge in [0.2, 0.25) is 0 Å². The van der Waals surface area contributed by atoms with Crippen molar-refractivity contribution >= 4 is 5.97 Å². The lowest BCUT2D eigenvalue weighted by molar-refractivity contribution is -0.138. The molecule has 40 heavy (non-hydrogen) atoms. The molecule has 3 aromatic rings. The zero-order valence-electron chi connectivity index (χ0n) is 21.7. The topological polar surface area (TPSA) is 74.2 Å². The van der Waals surface area contributed by atoms with Crippen LogP contribution in [-0.2, 0) is 22.1 Å². The highest BCUT2D eigenvalue weighted by molar-refractivity contribution is 5.75. The normalized spacial score (nSPS) is 20.5. The van der Waals surface area contributed by atoms with E-state index in [1.54, 1.807) is 36.4 Å². The van der Waals surface area contributed by atoms with Crippen LogP contribution in [0, 0.1) is 0 Å². The zero-order chi connectivity index (χ0) is 27.9. The number of benzene rings is 3. The lowest BCUT2D eigenvalue weighted by Gasteiger charge is -2.23. The fourth-order valence-corrected chi connectivity index (χ4v) is 5.92. The molecule has 6 rings (SSSR count). The van der Waals surface area contributed by atoms with Gasteiger partial charge in [-0.3, -0.25) is 4.79 Å². The molecular formula is C31H29F3O6. The minimum Gasteiger partial charge on any atom is -0.492 e. The molecule has 1 saturated heterocycles. The lowest BCUT2D eigenvalue weighted by Crippen LogP contribution is -2.25. The first-order chi connectivity index (χ1) is 19.3. The number of hydrogen-bond acceptors (Lipinski definition) is 5. The molecule has 9 heteroatoms. The van der Waals surface area contributed by atoms with Crippen molar-refractivity contribution in [3.63, 3.8) is 0 Å². The largest absolute Gasteiger partial charge is 0.492 e. The van der Waals surface area contributed by atoms with E-state index in [-0.39, 0.29) is 24.0 Å². The quantitative estimate of drug-likeness (QED) is 0.341. The predicted molar refractivity (Wildman–Crippen MR) is 140 cm³/mol. The minimum absolute atomic E-state index is 0.0177. The molecule has 1 fully saturated rings. The number of aliphatic carboxylic acids is 1. The molecular weight excluding hydrogens is 525 g/mol. The first-order valence-electron chi connectivity index (χ1n) is 13.5. The third-order valence-electron chi connectivity index (χ3n) is 7.84. The molecule has 0 spiro atoms. The molecule has 0 aromatic heterocycles. The summed E-state index contributed by atoms with van der Waals surface area (Å²) < 4.78 is 65.8. The Morgan fingerprint density at radius 3 is 2.38 bits per heavy atom. The van der Waals surface area contributed by atoms with Crippen LogP contribution in [0.1, 0.15) is 60.0 Å². The SMILES string of the molecule is O=C(O)C[C@@H]1COc2cc(O[C@@H]3CCc4c3ccc(C(F)(F)F)c4-c3ccc(OC4CCOCC4)cc3)ccc21. The maximum Gasteiger partial charge on any atom is 0.417 e. The summed E-state index contributed by atoms with van der Waals surface area (Å²) in [4.78, 5) is 11.1. The van der Waals surface area contributed by atoms with Crippen molar-refractivity contribution in [2.24, 2.45) is 0 Å². The first-order valence-corrected chi connectivity index (χ1v) is 13.5. The van der Waals surface area contributed by atoms with Gasteiger partial charge in [0.15, 0.2) is 0 Å². The Labute approximate surface area is 229 Å². The van der Waals surface area contributed by atoms with Gasteiger partial charge in [-0.1, -0.05) is 24.3 Å². The summed E-state index contributed by atoms with van der Waals surface area (Å²) in [6, 6.07) is 14.8. The van der Waals surface area contributed by atoms with Gasteiger partial charge in [-0.15, -0.1) is 0 Å². The van der Waals surface area contributed by atoms with Gasteiger partial charge in [0.05, 0.1) is 31.8 Å². The molecule has 0 radical (unpaired) electrons. The number of carboxylic acids is 1. The Kier molecular flexibility index (Phi) is 7.08. The van der Waals surface area contributed by atoms with Gasteiger partial charge in [0.1, 0.15) is 29.5 Å². The third kappa shape index (κ3) is 5.35. The van der Waals surface area contributed by atoms with Crippen LogP contribution in [0.5, 0.6) is 17.2 Å². The molecule has 6 nitrogen and oxygen atoms in total. The van der Waals surface area contributed by atoms with E-state index in [2.05, 4.69) is 0 Å². The number of rotatable bonds is 7. The van der Waals surface area contributed by atoms with Crippen LogP contribution in [0.3, 0.4) is 0 Å². The summed E-state index contributed by atoms with van der Waals surface area (Å²) in [5.74, 6) is 0.634. The summed E-state index contributed by atoms with van der Waals surface area (Å²) >= 11 is 0. The minimum atomic E-state index is -4.51. The van der Waals surface area contributed by atoms with Crippen LogP contribution in [0.25, 0.3) is 11.1 Å². The van der Waals surface area contributed by atoms with E-state index in [4.69, 9.17) is 24.1 Å². The Bertz CT molecular complexity index is 1400. The fraction of sp³-hybridized carbons (Fsp3) is 0.387. The van der Waals surface area contributed by atoms with E-state index in [1.807, 2.05) is 6.07 Å². The number of hydrogen-bond donors (Lipinski definition) is 1. The standard InChI is InChI=1S/C31H29F3O6/c32-31(33,34)26-9-7-24-25(30(26)18-1-3-20(4-2-18)39-21-11-13-37-14-12-21)8-10-27(24)40-22-5-6-23-19(15-29(35)36)17-38-28(23)16-22/h1-7,9,16,19,21,27H,8,10-15,17H2,(H,35,36)/t19-,27-/m1/s1. The van der Waals surface area contributed by atoms with Crippen molar-refractivity contribution in [3.8, 4) is 28.4 Å². The number of carboxylic acid groups (broad SMARTS) is 1. The first kappa shape index (κ1) is 26.5. The number of fused-ring (bicyclic) bond motifs is 2. The smallest absolute Gasteiger partial charge is 0.417 e. The zero-order valence-corrected chi connectivity index (χ0v) is 21.7. The summed E-state index contributed by atoms with van der Waals surface area (Å²) in [6.07, 6.45) is -2.35. The summed E-state index contributed by atoms with van der Waals surface area (Å²) in [7, 11) is 0. The van der Waals surface area contributed by atoms with Crippen LogP contribution in [0.15, 0.2) is 54.6 Å². The van der Waals surface area contributed by atoms with Crippen molar-refractivity contribution in [1.82, 2.24) is 0 Å². The second kappa shape index (κ2) is 10.7. The second-order valence-electron chi connectivity index (χ2n) is 10.5. The molecule has 2 atom stereocenters. The molecule has 0 saturated carbocycles. The summed E-state index contributed by atoms with van der Waals surface area (Å²) in [5, 5.41) is 9.13. The van der Waals surface area contributed by atoms with E-state index in [0.29, 0.717) is 61.0 Å². The number of ether oxygens (including phenoxy) is 4. The Hall–Kier alpha value is -3.72. The van der Waals surface area contributed by atoms with E-state index in [9.17, 15) is 18.0 Å². The van der Waals surface area contributed by atoms with E-state index in [1.165, 1.54) is 6.07 Å². The van der Waals surface area contributed by atoms with Crippen LogP contribution in [-0.4, -0.2) is 37.0 Å². The van der Waals surface area contributed by atoms with Crippen LogP contribution in [0.2, 0.25) is 0 Å². The summed E-state index contributed by atoms with van der Waals surface area (Å²) in [5.41, 5.74) is 2.19. The van der Waals surface area contributed by atoms with Crippen molar-refractivity contribution in [3.05, 3.63) is 76.9 Å². The van der Waals surface area contributed by atoms with Crippen molar-refractivity contribution in [2.75, 3.05) is 19.8 Å². The van der Waals surface area contributed by atoms with Gasteiger partial charge in [-0.2, -0.15) is 13.2 Å². The van der Waals surface area contributed by atoms with E-state index < -0.39 is 23.8 Å². The van der Waals surface area contributed by atoms with Gasteiger partial charge in [0, 0.05) is 30.4 Å². The average Bonchev–Trinajstić information content (AvgIpc) is 3.52. The molecule has 3 aromatic carbocycles. The van der Waals surface area contributed by atoms with E-state index >= 15 is 0 Å².